The second-order valence-corrected chi connectivity index (χ2v) is 6.80. The molecule has 1 spiro atoms. The first-order valence-corrected chi connectivity index (χ1v) is 7.92. The van der Waals surface area contributed by atoms with Gasteiger partial charge in [0, 0.05) is 19.0 Å². The Hall–Kier alpha value is -0.940. The van der Waals surface area contributed by atoms with Gasteiger partial charge < -0.3 is 9.84 Å². The van der Waals surface area contributed by atoms with Crippen LogP contribution in [0.25, 0.3) is 0 Å². The summed E-state index contributed by atoms with van der Waals surface area (Å²) in [4.78, 5) is 7.00. The Bertz CT molecular complexity index is 431. The minimum Gasteiger partial charge on any atom is -0.338 e. The molecule has 20 heavy (non-hydrogen) atoms. The van der Waals surface area contributed by atoms with E-state index in [2.05, 4.69) is 34.2 Å². The molecule has 1 N–H and O–H groups in total. The third-order valence-electron chi connectivity index (χ3n) is 4.66. The van der Waals surface area contributed by atoms with Gasteiger partial charge in [0.2, 0.25) is 5.89 Å². The molecule has 0 aromatic carbocycles. The SMILES string of the molecule is CC(C)c1noc(CN2CCCC3(CCCNC3)C2)n1. The van der Waals surface area contributed by atoms with Gasteiger partial charge in [0.25, 0.3) is 0 Å². The number of nitrogens with one attached hydrogen (secondary N) is 1. The fourth-order valence-corrected chi connectivity index (χ4v) is 3.58. The number of likely N-dealkylation sites (tertiary alicyclic amines) is 1. The van der Waals surface area contributed by atoms with Gasteiger partial charge in [-0.1, -0.05) is 19.0 Å². The van der Waals surface area contributed by atoms with E-state index in [0.29, 0.717) is 11.3 Å². The molecule has 112 valence electrons. The van der Waals surface area contributed by atoms with Crippen molar-refractivity contribution in [2.75, 3.05) is 26.2 Å². The lowest BCUT2D eigenvalue weighted by Crippen LogP contribution is -2.50. The van der Waals surface area contributed by atoms with Gasteiger partial charge in [-0.15, -0.1) is 0 Å². The average molecular weight is 278 g/mol. The normalized spacial score (nSPS) is 28.4. The van der Waals surface area contributed by atoms with Crippen LogP contribution < -0.4 is 5.32 Å². The number of rotatable bonds is 3. The number of nitrogens with zero attached hydrogens (tertiary/aromatic N) is 3. The number of hydrogen-bond acceptors (Lipinski definition) is 5. The Morgan fingerprint density at radius 1 is 1.35 bits per heavy atom. The fraction of sp³-hybridized carbons (Fsp3) is 0.867. The van der Waals surface area contributed by atoms with Crippen molar-refractivity contribution in [3.63, 3.8) is 0 Å². The van der Waals surface area contributed by atoms with Crippen LogP contribution in [0.1, 0.15) is 57.2 Å². The largest absolute Gasteiger partial charge is 0.338 e. The van der Waals surface area contributed by atoms with E-state index >= 15 is 0 Å². The number of aromatic nitrogens is 2. The molecule has 0 radical (unpaired) electrons. The highest BCUT2D eigenvalue weighted by Crippen LogP contribution is 2.36. The third-order valence-corrected chi connectivity index (χ3v) is 4.66. The molecule has 2 saturated heterocycles. The van der Waals surface area contributed by atoms with Crippen LogP contribution in [-0.2, 0) is 6.54 Å². The first kappa shape index (κ1) is 14.0. The van der Waals surface area contributed by atoms with Crippen LogP contribution >= 0.6 is 0 Å². The molecule has 5 heteroatoms. The van der Waals surface area contributed by atoms with Gasteiger partial charge in [-0.2, -0.15) is 4.98 Å². The van der Waals surface area contributed by atoms with Crippen LogP contribution in [0.2, 0.25) is 0 Å². The highest BCUT2D eigenvalue weighted by molar-refractivity contribution is 4.95. The number of piperidine rings is 2. The molecule has 1 unspecified atom stereocenters. The molecule has 2 aliphatic heterocycles. The maximum atomic E-state index is 5.39. The van der Waals surface area contributed by atoms with Crippen LogP contribution in [-0.4, -0.2) is 41.2 Å². The summed E-state index contributed by atoms with van der Waals surface area (Å²) in [5, 5.41) is 7.63. The standard InChI is InChI=1S/C15H26N4O/c1-12(2)14-17-13(20-18-14)9-19-8-4-6-15(11-19)5-3-7-16-10-15/h12,16H,3-11H2,1-2H3. The summed E-state index contributed by atoms with van der Waals surface area (Å²) in [6.07, 6.45) is 5.31. The zero-order valence-corrected chi connectivity index (χ0v) is 12.7. The van der Waals surface area contributed by atoms with Crippen molar-refractivity contribution in [2.24, 2.45) is 5.41 Å². The van der Waals surface area contributed by atoms with E-state index < -0.39 is 0 Å². The van der Waals surface area contributed by atoms with E-state index in [9.17, 15) is 0 Å². The van der Waals surface area contributed by atoms with Crippen molar-refractivity contribution in [3.05, 3.63) is 11.7 Å². The van der Waals surface area contributed by atoms with E-state index in [0.717, 1.165) is 24.8 Å². The third kappa shape index (κ3) is 3.04. The van der Waals surface area contributed by atoms with Crippen LogP contribution in [0.15, 0.2) is 4.52 Å². The van der Waals surface area contributed by atoms with Gasteiger partial charge in [0.15, 0.2) is 5.82 Å². The van der Waals surface area contributed by atoms with E-state index in [1.807, 2.05) is 0 Å². The smallest absolute Gasteiger partial charge is 0.240 e. The summed E-state index contributed by atoms with van der Waals surface area (Å²) < 4.78 is 5.39. The average Bonchev–Trinajstić information content (AvgIpc) is 2.88. The maximum absolute atomic E-state index is 5.39. The second-order valence-electron chi connectivity index (χ2n) is 6.80. The van der Waals surface area contributed by atoms with Gasteiger partial charge in [-0.05, 0) is 44.2 Å². The van der Waals surface area contributed by atoms with E-state index in [1.54, 1.807) is 0 Å². The van der Waals surface area contributed by atoms with E-state index in [-0.39, 0.29) is 0 Å². The van der Waals surface area contributed by atoms with E-state index in [1.165, 1.54) is 45.3 Å². The molecule has 2 fully saturated rings. The Morgan fingerprint density at radius 2 is 2.20 bits per heavy atom. The van der Waals surface area contributed by atoms with Crippen molar-refractivity contribution in [1.29, 1.82) is 0 Å². The lowest BCUT2D eigenvalue weighted by molar-refractivity contribution is 0.0538. The molecule has 0 bridgehead atoms. The Morgan fingerprint density at radius 3 is 2.90 bits per heavy atom. The van der Waals surface area contributed by atoms with Crippen molar-refractivity contribution in [3.8, 4) is 0 Å². The monoisotopic (exact) mass is 278 g/mol. The number of hydrogen-bond donors (Lipinski definition) is 1. The van der Waals surface area contributed by atoms with Gasteiger partial charge in [-0.3, -0.25) is 4.90 Å². The maximum Gasteiger partial charge on any atom is 0.240 e. The quantitative estimate of drug-likeness (QED) is 0.918. The summed E-state index contributed by atoms with van der Waals surface area (Å²) >= 11 is 0. The molecular weight excluding hydrogens is 252 g/mol. The molecule has 0 amide bonds. The Balaban J connectivity index is 1.61. The van der Waals surface area contributed by atoms with Crippen molar-refractivity contribution >= 4 is 0 Å². The van der Waals surface area contributed by atoms with Crippen LogP contribution in [0, 0.1) is 5.41 Å². The second kappa shape index (κ2) is 5.82. The highest BCUT2D eigenvalue weighted by atomic mass is 16.5. The summed E-state index contributed by atoms with van der Waals surface area (Å²) in [5.41, 5.74) is 0.484. The lowest BCUT2D eigenvalue weighted by atomic mass is 9.74. The van der Waals surface area contributed by atoms with E-state index in [4.69, 9.17) is 4.52 Å². The predicted molar refractivity (Wildman–Crippen MR) is 77.4 cm³/mol. The van der Waals surface area contributed by atoms with Crippen molar-refractivity contribution in [2.45, 2.75) is 52.0 Å². The van der Waals surface area contributed by atoms with Gasteiger partial charge in [0.05, 0.1) is 6.54 Å². The fourth-order valence-electron chi connectivity index (χ4n) is 3.58. The van der Waals surface area contributed by atoms with Crippen LogP contribution in [0.4, 0.5) is 0 Å². The molecule has 3 heterocycles. The predicted octanol–water partition coefficient (Wildman–Crippen LogP) is 2.16. The molecular formula is C15H26N4O. The molecule has 3 rings (SSSR count). The zero-order chi connectivity index (χ0) is 14.0. The summed E-state index contributed by atoms with van der Waals surface area (Å²) in [6, 6.07) is 0. The summed E-state index contributed by atoms with van der Waals surface area (Å²) in [7, 11) is 0. The van der Waals surface area contributed by atoms with Crippen LogP contribution in [0.5, 0.6) is 0 Å². The first-order valence-electron chi connectivity index (χ1n) is 7.92. The highest BCUT2D eigenvalue weighted by Gasteiger charge is 2.36. The lowest BCUT2D eigenvalue weighted by Gasteiger charge is -2.45. The molecule has 0 saturated carbocycles. The van der Waals surface area contributed by atoms with Crippen molar-refractivity contribution < 1.29 is 4.52 Å². The minimum atomic E-state index is 0.336. The van der Waals surface area contributed by atoms with Crippen LogP contribution in [0.3, 0.4) is 0 Å². The first-order chi connectivity index (χ1) is 9.67. The summed E-state index contributed by atoms with van der Waals surface area (Å²) in [5.74, 6) is 1.93. The van der Waals surface area contributed by atoms with Gasteiger partial charge in [-0.25, -0.2) is 0 Å². The van der Waals surface area contributed by atoms with Gasteiger partial charge >= 0.3 is 0 Å². The Kier molecular flexibility index (Phi) is 4.08. The molecule has 2 aliphatic rings. The van der Waals surface area contributed by atoms with Gasteiger partial charge in [0.1, 0.15) is 0 Å². The Labute approximate surface area is 121 Å². The molecule has 5 nitrogen and oxygen atoms in total. The topological polar surface area (TPSA) is 54.2 Å². The minimum absolute atomic E-state index is 0.336. The summed E-state index contributed by atoms with van der Waals surface area (Å²) in [6.45, 7) is 9.67. The molecule has 1 aromatic rings. The molecule has 1 atom stereocenters. The van der Waals surface area contributed by atoms with Crippen molar-refractivity contribution in [1.82, 2.24) is 20.4 Å². The molecule has 1 aromatic heterocycles. The zero-order valence-electron chi connectivity index (χ0n) is 12.7. The molecule has 0 aliphatic carbocycles.